The first-order chi connectivity index (χ1) is 11.2. The summed E-state index contributed by atoms with van der Waals surface area (Å²) in [5, 5.41) is 11.4. The molecule has 0 aliphatic heterocycles. The Morgan fingerprint density at radius 2 is 1.84 bits per heavy atom. The van der Waals surface area contributed by atoms with Crippen LogP contribution >= 0.6 is 0 Å². The zero-order chi connectivity index (χ0) is 18.2. The van der Waals surface area contributed by atoms with Gasteiger partial charge in [-0.3, -0.25) is 4.55 Å². The number of hydrogen-bond donors (Lipinski definition) is 3. The average molecular weight is 385 g/mol. The minimum atomic E-state index is -4.62. The topological polar surface area (TPSA) is 139 Å². The summed E-state index contributed by atoms with van der Waals surface area (Å²) in [5.41, 5.74) is 0.513. The van der Waals surface area contributed by atoms with E-state index in [0.717, 1.165) is 6.42 Å². The van der Waals surface area contributed by atoms with Crippen LogP contribution in [0.2, 0.25) is 0 Å². The monoisotopic (exact) mass is 385 g/mol. The maximum absolute atomic E-state index is 11.5. The molecule has 1 aromatic rings. The van der Waals surface area contributed by atoms with Crippen molar-refractivity contribution in [3.8, 4) is 5.75 Å². The molecule has 1 amide bonds. The third-order valence-corrected chi connectivity index (χ3v) is 3.29. The molecule has 0 radical (unpaired) electrons. The fourth-order valence-electron chi connectivity index (χ4n) is 1.73. The molecule has 25 heavy (non-hydrogen) atoms. The first-order valence-corrected chi connectivity index (χ1v) is 8.49. The van der Waals surface area contributed by atoms with Crippen LogP contribution in [0.1, 0.15) is 25.3 Å². The van der Waals surface area contributed by atoms with Gasteiger partial charge in [0.1, 0.15) is 11.8 Å². The number of unbranched alkanes of at least 4 members (excludes halogenated alkanes) is 1. The molecule has 11 heteroatoms. The Labute approximate surface area is 167 Å². The van der Waals surface area contributed by atoms with E-state index in [1.165, 1.54) is 24.3 Å². The van der Waals surface area contributed by atoms with E-state index in [4.69, 9.17) is 14.4 Å². The molecule has 0 saturated carbocycles. The SMILES string of the molecule is CCCCOC(=O)N[C@@H](Cc1ccc(OS(=O)(=O)O)cc1)C(=O)O.[NaH]. The predicted octanol–water partition coefficient (Wildman–Crippen LogP) is 0.742. The van der Waals surface area contributed by atoms with Crippen molar-refractivity contribution in [2.24, 2.45) is 0 Å². The normalized spacial score (nSPS) is 11.8. The van der Waals surface area contributed by atoms with E-state index in [2.05, 4.69) is 9.50 Å². The van der Waals surface area contributed by atoms with Gasteiger partial charge in [-0.2, -0.15) is 8.42 Å². The van der Waals surface area contributed by atoms with Crippen LogP contribution in [0.15, 0.2) is 24.3 Å². The van der Waals surface area contributed by atoms with E-state index < -0.39 is 28.5 Å². The van der Waals surface area contributed by atoms with Crippen LogP contribution in [0.25, 0.3) is 0 Å². The van der Waals surface area contributed by atoms with Crippen molar-refractivity contribution in [1.29, 1.82) is 0 Å². The van der Waals surface area contributed by atoms with Crippen molar-refractivity contribution < 1.29 is 36.6 Å². The Kier molecular flexibility index (Phi) is 10.7. The van der Waals surface area contributed by atoms with Gasteiger partial charge in [-0.25, -0.2) is 9.59 Å². The second-order valence-corrected chi connectivity index (χ2v) is 5.91. The van der Waals surface area contributed by atoms with Gasteiger partial charge in [0, 0.05) is 6.42 Å². The Balaban J connectivity index is 0.00000576. The van der Waals surface area contributed by atoms with Gasteiger partial charge in [0.2, 0.25) is 0 Å². The number of nitrogens with one attached hydrogen (secondary N) is 1. The molecule has 136 valence electrons. The summed E-state index contributed by atoms with van der Waals surface area (Å²) >= 11 is 0. The van der Waals surface area contributed by atoms with E-state index in [0.29, 0.717) is 12.0 Å². The number of ether oxygens (including phenoxy) is 1. The molecular weight excluding hydrogens is 365 g/mol. The van der Waals surface area contributed by atoms with Crippen molar-refractivity contribution >= 4 is 52.0 Å². The molecule has 0 spiro atoms. The molecule has 0 aliphatic rings. The number of carbonyl (C=O) groups is 2. The van der Waals surface area contributed by atoms with E-state index in [1.54, 1.807) is 0 Å². The second-order valence-electron chi connectivity index (χ2n) is 4.88. The molecule has 0 bridgehead atoms. The van der Waals surface area contributed by atoms with Crippen molar-refractivity contribution in [2.75, 3.05) is 6.61 Å². The Bertz CT molecular complexity index is 662. The van der Waals surface area contributed by atoms with E-state index in [1.807, 2.05) is 6.92 Å². The summed E-state index contributed by atoms with van der Waals surface area (Å²) < 4.78 is 38.8. The van der Waals surface area contributed by atoms with Gasteiger partial charge in [-0.1, -0.05) is 25.5 Å². The van der Waals surface area contributed by atoms with Crippen molar-refractivity contribution in [3.05, 3.63) is 29.8 Å². The quantitative estimate of drug-likeness (QED) is 0.321. The first kappa shape index (κ1) is 23.7. The molecule has 0 aliphatic carbocycles. The standard InChI is InChI=1S/C14H19NO8S.Na.H/c1-2-3-8-22-14(18)15-12(13(16)17)9-10-4-6-11(7-5-10)23-24(19,20)21;;/h4-7,12H,2-3,8-9H2,1H3,(H,15,18)(H,16,17)(H,19,20,21);;/t12-;;/m0../s1. The van der Waals surface area contributed by atoms with Gasteiger partial charge in [0.15, 0.2) is 0 Å². The van der Waals surface area contributed by atoms with Gasteiger partial charge < -0.3 is 19.3 Å². The van der Waals surface area contributed by atoms with Crippen LogP contribution in [0.3, 0.4) is 0 Å². The molecule has 1 rings (SSSR count). The zero-order valence-corrected chi connectivity index (χ0v) is 13.8. The molecule has 0 heterocycles. The molecule has 3 N–H and O–H groups in total. The fraction of sp³-hybridized carbons (Fsp3) is 0.429. The van der Waals surface area contributed by atoms with Crippen LogP contribution in [-0.4, -0.2) is 72.3 Å². The molecule has 1 aromatic carbocycles. The number of carboxylic acid groups (broad SMARTS) is 1. The molecule has 0 aromatic heterocycles. The Morgan fingerprint density at radius 1 is 1.24 bits per heavy atom. The van der Waals surface area contributed by atoms with Crippen LogP contribution in [0.5, 0.6) is 5.75 Å². The summed E-state index contributed by atoms with van der Waals surface area (Å²) in [5.74, 6) is -1.36. The molecule has 0 fully saturated rings. The number of hydrogen-bond acceptors (Lipinski definition) is 6. The van der Waals surface area contributed by atoms with Crippen molar-refractivity contribution in [1.82, 2.24) is 5.32 Å². The van der Waals surface area contributed by atoms with Crippen LogP contribution in [0.4, 0.5) is 4.79 Å². The van der Waals surface area contributed by atoms with E-state index in [9.17, 15) is 18.0 Å². The number of amides is 1. The summed E-state index contributed by atoms with van der Waals surface area (Å²) in [6.45, 7) is 2.13. The van der Waals surface area contributed by atoms with E-state index in [-0.39, 0.29) is 48.3 Å². The van der Waals surface area contributed by atoms with Gasteiger partial charge >= 0.3 is 52.0 Å². The van der Waals surface area contributed by atoms with Crippen LogP contribution in [0, 0.1) is 0 Å². The molecule has 9 nitrogen and oxygen atoms in total. The Morgan fingerprint density at radius 3 is 2.32 bits per heavy atom. The number of rotatable bonds is 9. The number of carboxylic acids is 1. The molecule has 0 unspecified atom stereocenters. The minimum absolute atomic E-state index is 0. The maximum atomic E-state index is 11.5. The third-order valence-electron chi connectivity index (χ3n) is 2.89. The van der Waals surface area contributed by atoms with Gasteiger partial charge in [-0.15, -0.1) is 0 Å². The number of alkyl carbamates (subject to hydrolysis) is 1. The van der Waals surface area contributed by atoms with Crippen LogP contribution < -0.4 is 9.50 Å². The number of aliphatic carboxylic acids is 1. The van der Waals surface area contributed by atoms with Gasteiger partial charge in [0.05, 0.1) is 6.61 Å². The van der Waals surface area contributed by atoms with Crippen molar-refractivity contribution in [2.45, 2.75) is 32.2 Å². The summed E-state index contributed by atoms with van der Waals surface area (Å²) in [6.07, 6.45) is 0.667. The molecule has 1 atom stereocenters. The van der Waals surface area contributed by atoms with Gasteiger partial charge in [0.25, 0.3) is 0 Å². The molecular formula is C14H20NNaO8S. The zero-order valence-electron chi connectivity index (χ0n) is 13.0. The summed E-state index contributed by atoms with van der Waals surface area (Å²) in [7, 11) is -4.62. The van der Waals surface area contributed by atoms with Crippen molar-refractivity contribution in [3.63, 3.8) is 0 Å². The average Bonchev–Trinajstić information content (AvgIpc) is 2.47. The van der Waals surface area contributed by atoms with Crippen LogP contribution in [-0.2, 0) is 26.4 Å². The molecule has 0 saturated heterocycles. The summed E-state index contributed by atoms with van der Waals surface area (Å²) in [6, 6.07) is 4.14. The van der Waals surface area contributed by atoms with E-state index >= 15 is 0 Å². The number of benzene rings is 1. The first-order valence-electron chi connectivity index (χ1n) is 7.13. The van der Waals surface area contributed by atoms with Gasteiger partial charge in [-0.05, 0) is 24.1 Å². The summed E-state index contributed by atoms with van der Waals surface area (Å²) in [4.78, 5) is 22.7. The third kappa shape index (κ3) is 10.3. The second kappa shape index (κ2) is 11.3. The number of carbonyl (C=O) groups excluding carboxylic acids is 1. The predicted molar refractivity (Wildman–Crippen MR) is 90.3 cm³/mol. The fourth-order valence-corrected chi connectivity index (χ4v) is 2.09. The Hall–Kier alpha value is -1.33.